The zero-order chi connectivity index (χ0) is 15.5. The van der Waals surface area contributed by atoms with Crippen molar-refractivity contribution in [2.24, 2.45) is 0 Å². The number of rotatable bonds is 4. The number of benzene rings is 1. The number of amides is 1. The monoisotopic (exact) mass is 299 g/mol. The molecule has 0 unspecified atom stereocenters. The van der Waals surface area contributed by atoms with Crippen molar-refractivity contribution in [3.8, 4) is 0 Å². The Morgan fingerprint density at radius 3 is 2.62 bits per heavy atom. The number of hydrogen-bond acceptors (Lipinski definition) is 3. The maximum absolute atomic E-state index is 12.8. The number of alkyl halides is 3. The summed E-state index contributed by atoms with van der Waals surface area (Å²) in [6.45, 7) is -0.218. The van der Waals surface area contributed by atoms with E-state index < -0.39 is 29.3 Å². The number of halogens is 3. The molecule has 1 atom stereocenters. The van der Waals surface area contributed by atoms with E-state index in [-0.39, 0.29) is 6.54 Å². The Morgan fingerprint density at radius 1 is 1.29 bits per heavy atom. The van der Waals surface area contributed by atoms with Crippen LogP contribution in [0.5, 0.6) is 0 Å². The van der Waals surface area contributed by atoms with Crippen molar-refractivity contribution in [1.82, 2.24) is 5.32 Å². The third-order valence-corrected chi connectivity index (χ3v) is 2.86. The van der Waals surface area contributed by atoms with E-state index in [1.54, 1.807) is 0 Å². The summed E-state index contributed by atoms with van der Waals surface area (Å²) < 4.78 is 43.1. The van der Waals surface area contributed by atoms with Gasteiger partial charge in [0.1, 0.15) is 0 Å². The molecule has 0 radical (unpaired) electrons. The van der Waals surface area contributed by atoms with Gasteiger partial charge >= 0.3 is 6.18 Å². The molecule has 2 rings (SSSR count). The summed E-state index contributed by atoms with van der Waals surface area (Å²) in [5.41, 5.74) is -1.07. The number of aliphatic hydroxyl groups excluding tert-OH is 1. The molecule has 1 heterocycles. The average molecular weight is 299 g/mol. The van der Waals surface area contributed by atoms with Gasteiger partial charge in [-0.2, -0.15) is 13.2 Å². The number of nitrogens with one attached hydrogen (secondary N) is 1. The Balaban J connectivity index is 2.08. The average Bonchev–Trinajstić information content (AvgIpc) is 2.97. The second-order valence-electron chi connectivity index (χ2n) is 4.33. The molecule has 4 nitrogen and oxygen atoms in total. The fraction of sp³-hybridized carbons (Fsp3) is 0.214. The molecule has 2 aromatic rings. The van der Waals surface area contributed by atoms with Crippen molar-refractivity contribution >= 4 is 5.91 Å². The molecule has 7 heteroatoms. The summed E-state index contributed by atoms with van der Waals surface area (Å²) in [7, 11) is 0. The van der Waals surface area contributed by atoms with Gasteiger partial charge < -0.3 is 14.8 Å². The van der Waals surface area contributed by atoms with E-state index in [2.05, 4.69) is 5.32 Å². The molecule has 0 saturated carbocycles. The Morgan fingerprint density at radius 2 is 2.00 bits per heavy atom. The largest absolute Gasteiger partial charge is 0.472 e. The second-order valence-corrected chi connectivity index (χ2v) is 4.33. The number of carbonyl (C=O) groups excluding carboxylic acids is 1. The van der Waals surface area contributed by atoms with Crippen molar-refractivity contribution < 1.29 is 27.5 Å². The fourth-order valence-corrected chi connectivity index (χ4v) is 1.80. The van der Waals surface area contributed by atoms with E-state index >= 15 is 0 Å². The number of aliphatic hydroxyl groups is 1. The molecular formula is C14H12F3NO3. The molecule has 0 aliphatic carbocycles. The van der Waals surface area contributed by atoms with E-state index in [1.807, 2.05) is 0 Å². The highest BCUT2D eigenvalue weighted by Crippen LogP contribution is 2.31. The van der Waals surface area contributed by atoms with Crippen LogP contribution < -0.4 is 5.32 Å². The molecule has 0 fully saturated rings. The Bertz CT molecular complexity index is 608. The normalized spacial score (nSPS) is 13.0. The minimum absolute atomic E-state index is 0.218. The van der Waals surface area contributed by atoms with Crippen LogP contribution in [0.3, 0.4) is 0 Å². The lowest BCUT2D eigenvalue weighted by Crippen LogP contribution is -2.30. The second kappa shape index (κ2) is 6.01. The van der Waals surface area contributed by atoms with Crippen molar-refractivity contribution in [3.05, 3.63) is 59.5 Å². The van der Waals surface area contributed by atoms with E-state index in [4.69, 9.17) is 4.42 Å². The van der Waals surface area contributed by atoms with Crippen LogP contribution >= 0.6 is 0 Å². The topological polar surface area (TPSA) is 62.5 Å². The highest BCUT2D eigenvalue weighted by molar-refractivity contribution is 5.95. The summed E-state index contributed by atoms with van der Waals surface area (Å²) in [5.74, 6) is -0.898. The zero-order valence-electron chi connectivity index (χ0n) is 10.7. The van der Waals surface area contributed by atoms with Crippen molar-refractivity contribution in [2.75, 3.05) is 6.54 Å². The van der Waals surface area contributed by atoms with Gasteiger partial charge in [-0.3, -0.25) is 4.79 Å². The van der Waals surface area contributed by atoms with Crippen molar-refractivity contribution in [1.29, 1.82) is 0 Å². The van der Waals surface area contributed by atoms with Gasteiger partial charge in [0.25, 0.3) is 5.91 Å². The van der Waals surface area contributed by atoms with Crippen LogP contribution in [0.15, 0.2) is 47.3 Å². The first-order valence-electron chi connectivity index (χ1n) is 6.04. The summed E-state index contributed by atoms with van der Waals surface area (Å²) in [4.78, 5) is 11.8. The lowest BCUT2D eigenvalue weighted by atomic mass is 10.1. The molecule has 0 bridgehead atoms. The van der Waals surface area contributed by atoms with Crippen LogP contribution in [0.2, 0.25) is 0 Å². The summed E-state index contributed by atoms with van der Waals surface area (Å²) in [6, 6.07) is 5.97. The van der Waals surface area contributed by atoms with Gasteiger partial charge in [0.05, 0.1) is 29.8 Å². The Labute approximate surface area is 118 Å². The third-order valence-electron chi connectivity index (χ3n) is 2.86. The van der Waals surface area contributed by atoms with Gasteiger partial charge in [0, 0.05) is 12.1 Å². The van der Waals surface area contributed by atoms with Gasteiger partial charge in [-0.05, 0) is 18.2 Å². The molecule has 0 aliphatic heterocycles. The predicted octanol–water partition coefficient (Wildman–Crippen LogP) is 2.76. The quantitative estimate of drug-likeness (QED) is 0.912. The number of furan rings is 1. The molecule has 0 spiro atoms. The minimum Gasteiger partial charge on any atom is -0.472 e. The number of hydrogen-bond donors (Lipinski definition) is 2. The van der Waals surface area contributed by atoms with Crippen LogP contribution in [0.1, 0.15) is 27.6 Å². The first kappa shape index (κ1) is 15.1. The maximum atomic E-state index is 12.8. The maximum Gasteiger partial charge on any atom is 0.417 e. The van der Waals surface area contributed by atoms with Crippen LogP contribution in [-0.4, -0.2) is 17.6 Å². The van der Waals surface area contributed by atoms with Crippen LogP contribution in [0, 0.1) is 0 Å². The third kappa shape index (κ3) is 3.63. The van der Waals surface area contributed by atoms with Crippen LogP contribution in [0.4, 0.5) is 13.2 Å². The lowest BCUT2D eigenvalue weighted by molar-refractivity contribution is -0.137. The summed E-state index contributed by atoms with van der Waals surface area (Å²) in [5, 5.41) is 12.0. The molecule has 1 aromatic carbocycles. The summed E-state index contributed by atoms with van der Waals surface area (Å²) in [6.07, 6.45) is -3.03. The molecular weight excluding hydrogens is 287 g/mol. The first-order valence-corrected chi connectivity index (χ1v) is 6.04. The SMILES string of the molecule is O=C(NC[C@H](O)c1ccoc1)c1ccccc1C(F)(F)F. The van der Waals surface area contributed by atoms with Gasteiger partial charge in [0.15, 0.2) is 0 Å². The first-order chi connectivity index (χ1) is 9.89. The fourth-order valence-electron chi connectivity index (χ4n) is 1.80. The highest BCUT2D eigenvalue weighted by Gasteiger charge is 2.34. The van der Waals surface area contributed by atoms with Crippen LogP contribution in [-0.2, 0) is 6.18 Å². The Kier molecular flexibility index (Phi) is 4.32. The molecule has 112 valence electrons. The molecule has 1 amide bonds. The van der Waals surface area contributed by atoms with E-state index in [9.17, 15) is 23.1 Å². The highest BCUT2D eigenvalue weighted by atomic mass is 19.4. The molecule has 21 heavy (non-hydrogen) atoms. The predicted molar refractivity (Wildman–Crippen MR) is 67.4 cm³/mol. The smallest absolute Gasteiger partial charge is 0.417 e. The van der Waals surface area contributed by atoms with Gasteiger partial charge in [-0.1, -0.05) is 12.1 Å². The van der Waals surface area contributed by atoms with Crippen molar-refractivity contribution in [3.63, 3.8) is 0 Å². The van der Waals surface area contributed by atoms with E-state index in [1.165, 1.54) is 30.7 Å². The Hall–Kier alpha value is -2.28. The number of carbonyl (C=O) groups is 1. The van der Waals surface area contributed by atoms with Gasteiger partial charge in [-0.25, -0.2) is 0 Å². The molecule has 0 saturated heterocycles. The van der Waals surface area contributed by atoms with E-state index in [0.717, 1.165) is 12.1 Å². The summed E-state index contributed by atoms with van der Waals surface area (Å²) >= 11 is 0. The minimum atomic E-state index is -4.61. The molecule has 0 aliphatic rings. The van der Waals surface area contributed by atoms with Crippen molar-refractivity contribution in [2.45, 2.75) is 12.3 Å². The zero-order valence-corrected chi connectivity index (χ0v) is 10.7. The van der Waals surface area contributed by atoms with Gasteiger partial charge in [-0.15, -0.1) is 0 Å². The van der Waals surface area contributed by atoms with E-state index in [0.29, 0.717) is 5.56 Å². The molecule has 2 N–H and O–H groups in total. The molecule has 1 aromatic heterocycles. The van der Waals surface area contributed by atoms with Gasteiger partial charge in [0.2, 0.25) is 0 Å². The van der Waals surface area contributed by atoms with Crippen LogP contribution in [0.25, 0.3) is 0 Å². The standard InChI is InChI=1S/C14H12F3NO3/c15-14(16,17)11-4-2-1-3-10(11)13(20)18-7-12(19)9-5-6-21-8-9/h1-6,8,12,19H,7H2,(H,18,20)/t12-/m0/s1. The lowest BCUT2D eigenvalue weighted by Gasteiger charge is -2.14.